The summed E-state index contributed by atoms with van der Waals surface area (Å²) in [5.74, 6) is 0. The van der Waals surface area contributed by atoms with Crippen LogP contribution in [0.25, 0.3) is 0 Å². The summed E-state index contributed by atoms with van der Waals surface area (Å²) in [6.45, 7) is 9.45. The number of aldehydes is 1. The van der Waals surface area contributed by atoms with Crippen molar-refractivity contribution in [3.63, 3.8) is 0 Å². The van der Waals surface area contributed by atoms with Gasteiger partial charge in [0.05, 0.1) is 5.69 Å². The minimum Gasteiger partial charge on any atom is -0.444 e. The summed E-state index contributed by atoms with van der Waals surface area (Å²) in [7, 11) is 3.75. The van der Waals surface area contributed by atoms with Gasteiger partial charge in [-0.1, -0.05) is 25.4 Å². The third-order valence-electron chi connectivity index (χ3n) is 3.12. The molecule has 1 heterocycles. The van der Waals surface area contributed by atoms with E-state index in [-0.39, 0.29) is 22.9 Å². The highest BCUT2D eigenvalue weighted by atomic mass is 35.5. The molecule has 1 aromatic heterocycles. The summed E-state index contributed by atoms with van der Waals surface area (Å²) in [6.07, 6.45) is 1.67. The maximum atomic E-state index is 11.6. The Balaban J connectivity index is 0.00000123. The lowest BCUT2D eigenvalue weighted by molar-refractivity contribution is 0.0475. The second-order valence-electron chi connectivity index (χ2n) is 6.74. The van der Waals surface area contributed by atoms with Crippen LogP contribution in [0.2, 0.25) is 5.15 Å². The van der Waals surface area contributed by atoms with Crippen LogP contribution in [0.5, 0.6) is 0 Å². The number of carbonyl (C=O) groups is 2. The van der Waals surface area contributed by atoms with Gasteiger partial charge in [0.1, 0.15) is 11.3 Å². The molecule has 0 bridgehead atoms. The topological polar surface area (TPSA) is 105 Å². The van der Waals surface area contributed by atoms with Crippen LogP contribution in [0, 0.1) is 0 Å². The SMILES string of the molecule is CC.CC(C)(C)OC(=O)NC1CC(Nc2cc(Cl)nnc2C=O)C1.CNC. The van der Waals surface area contributed by atoms with Crippen LogP contribution in [0.4, 0.5) is 10.5 Å². The van der Waals surface area contributed by atoms with Gasteiger partial charge in [-0.15, -0.1) is 10.2 Å². The molecule has 9 heteroatoms. The van der Waals surface area contributed by atoms with E-state index < -0.39 is 11.7 Å². The smallest absolute Gasteiger partial charge is 0.407 e. The molecular formula is C18H32ClN5O3. The number of halogens is 1. The standard InChI is InChI=1S/C14H19ClN4O3.C2H7N.C2H6/c1-14(2,3)22-13(21)17-9-4-8(5-9)16-10-6-12(15)19-18-11(10)7-20;1-3-2;1-2/h6-9H,4-5H2,1-3H3,(H,16,19)(H,17,21);3H,1-2H3;1-2H3. The summed E-state index contributed by atoms with van der Waals surface area (Å²) in [5, 5.41) is 16.3. The van der Waals surface area contributed by atoms with Crippen LogP contribution < -0.4 is 16.0 Å². The molecule has 0 aromatic carbocycles. The minimum absolute atomic E-state index is 0.0531. The first-order chi connectivity index (χ1) is 12.7. The Morgan fingerprint density at radius 1 is 1.22 bits per heavy atom. The quantitative estimate of drug-likeness (QED) is 0.665. The first-order valence-electron chi connectivity index (χ1n) is 9.01. The first-order valence-corrected chi connectivity index (χ1v) is 9.39. The third-order valence-corrected chi connectivity index (χ3v) is 3.31. The Labute approximate surface area is 166 Å². The lowest BCUT2D eigenvalue weighted by atomic mass is 9.86. The highest BCUT2D eigenvalue weighted by molar-refractivity contribution is 6.29. The van der Waals surface area contributed by atoms with Crippen molar-refractivity contribution in [3.8, 4) is 0 Å². The van der Waals surface area contributed by atoms with Crippen LogP contribution in [0.15, 0.2) is 6.07 Å². The molecule has 0 spiro atoms. The Bertz CT molecular complexity index is 587. The Morgan fingerprint density at radius 2 is 1.78 bits per heavy atom. The summed E-state index contributed by atoms with van der Waals surface area (Å²) in [4.78, 5) is 22.5. The summed E-state index contributed by atoms with van der Waals surface area (Å²) < 4.78 is 5.20. The number of rotatable bonds is 4. The summed E-state index contributed by atoms with van der Waals surface area (Å²) in [6, 6.07) is 1.75. The number of anilines is 1. The molecule has 2 rings (SSSR count). The van der Waals surface area contributed by atoms with E-state index >= 15 is 0 Å². The number of nitrogens with zero attached hydrogens (tertiary/aromatic N) is 2. The monoisotopic (exact) mass is 401 g/mol. The van der Waals surface area contributed by atoms with E-state index in [1.165, 1.54) is 0 Å². The molecule has 1 aliphatic carbocycles. The van der Waals surface area contributed by atoms with Crippen LogP contribution in [-0.2, 0) is 4.74 Å². The zero-order valence-corrected chi connectivity index (χ0v) is 18.0. The number of aromatic nitrogens is 2. The molecule has 1 aliphatic rings. The van der Waals surface area contributed by atoms with E-state index in [9.17, 15) is 9.59 Å². The fourth-order valence-corrected chi connectivity index (χ4v) is 2.27. The average molecular weight is 402 g/mol. The van der Waals surface area contributed by atoms with E-state index in [0.29, 0.717) is 12.0 Å². The fourth-order valence-electron chi connectivity index (χ4n) is 2.13. The second-order valence-corrected chi connectivity index (χ2v) is 7.13. The second kappa shape index (κ2) is 12.5. The van der Waals surface area contributed by atoms with E-state index in [1.807, 2.05) is 48.7 Å². The van der Waals surface area contributed by atoms with Crippen LogP contribution >= 0.6 is 11.6 Å². The van der Waals surface area contributed by atoms with Gasteiger partial charge in [0.15, 0.2) is 11.4 Å². The molecule has 8 nitrogen and oxygen atoms in total. The van der Waals surface area contributed by atoms with Gasteiger partial charge in [0.2, 0.25) is 0 Å². The van der Waals surface area contributed by atoms with Gasteiger partial charge in [-0.25, -0.2) is 4.79 Å². The van der Waals surface area contributed by atoms with Crippen molar-refractivity contribution >= 4 is 29.7 Å². The maximum absolute atomic E-state index is 11.6. The molecule has 1 aromatic rings. The molecule has 0 radical (unpaired) electrons. The lowest BCUT2D eigenvalue weighted by Crippen LogP contribution is -2.50. The van der Waals surface area contributed by atoms with Gasteiger partial charge < -0.3 is 20.7 Å². The van der Waals surface area contributed by atoms with Gasteiger partial charge in [0, 0.05) is 18.2 Å². The highest BCUT2D eigenvalue weighted by Crippen LogP contribution is 2.26. The van der Waals surface area contributed by atoms with Gasteiger partial charge >= 0.3 is 6.09 Å². The Morgan fingerprint density at radius 3 is 2.26 bits per heavy atom. The molecule has 3 N–H and O–H groups in total. The van der Waals surface area contributed by atoms with Crippen molar-refractivity contribution < 1.29 is 14.3 Å². The largest absolute Gasteiger partial charge is 0.444 e. The summed E-state index contributed by atoms with van der Waals surface area (Å²) in [5.41, 5.74) is 0.257. The zero-order valence-electron chi connectivity index (χ0n) is 17.2. The summed E-state index contributed by atoms with van der Waals surface area (Å²) >= 11 is 5.77. The molecule has 154 valence electrons. The maximum Gasteiger partial charge on any atom is 0.407 e. The van der Waals surface area contributed by atoms with Gasteiger partial charge in [-0.2, -0.15) is 0 Å². The van der Waals surface area contributed by atoms with Crippen molar-refractivity contribution in [1.29, 1.82) is 0 Å². The Kier molecular flexibility index (Phi) is 11.6. The van der Waals surface area contributed by atoms with Crippen molar-refractivity contribution in [1.82, 2.24) is 20.8 Å². The van der Waals surface area contributed by atoms with E-state index in [1.54, 1.807) is 6.07 Å². The number of alkyl carbamates (subject to hydrolysis) is 1. The highest BCUT2D eigenvalue weighted by Gasteiger charge is 2.32. The van der Waals surface area contributed by atoms with Crippen LogP contribution in [-0.4, -0.2) is 54.4 Å². The molecule has 1 saturated carbocycles. The van der Waals surface area contributed by atoms with Crippen LogP contribution in [0.3, 0.4) is 0 Å². The third kappa shape index (κ3) is 10.1. The molecule has 1 fully saturated rings. The van der Waals surface area contributed by atoms with Crippen molar-refractivity contribution in [2.75, 3.05) is 19.4 Å². The average Bonchev–Trinajstić information content (AvgIpc) is 2.54. The van der Waals surface area contributed by atoms with E-state index in [2.05, 4.69) is 26.1 Å². The number of hydrogen-bond donors (Lipinski definition) is 3. The van der Waals surface area contributed by atoms with Crippen molar-refractivity contribution in [2.45, 2.75) is 65.1 Å². The zero-order chi connectivity index (χ0) is 21.0. The van der Waals surface area contributed by atoms with Gasteiger partial charge in [-0.3, -0.25) is 4.79 Å². The number of hydrogen-bond acceptors (Lipinski definition) is 7. The van der Waals surface area contributed by atoms with Gasteiger partial charge in [-0.05, 0) is 47.7 Å². The minimum atomic E-state index is -0.510. The Hall–Kier alpha value is -1.93. The fraction of sp³-hybridized carbons (Fsp3) is 0.667. The number of amides is 1. The first kappa shape index (κ1) is 25.1. The molecule has 0 saturated heterocycles. The van der Waals surface area contributed by atoms with Gasteiger partial charge in [0.25, 0.3) is 0 Å². The van der Waals surface area contributed by atoms with Crippen LogP contribution in [0.1, 0.15) is 57.9 Å². The lowest BCUT2D eigenvalue weighted by Gasteiger charge is -2.37. The predicted molar refractivity (Wildman–Crippen MR) is 109 cm³/mol. The molecule has 27 heavy (non-hydrogen) atoms. The normalized spacial score (nSPS) is 17.8. The molecule has 1 amide bonds. The molecule has 0 unspecified atom stereocenters. The van der Waals surface area contributed by atoms with E-state index in [4.69, 9.17) is 16.3 Å². The molecule has 0 aliphatic heterocycles. The van der Waals surface area contributed by atoms with Crippen molar-refractivity contribution in [3.05, 3.63) is 16.9 Å². The van der Waals surface area contributed by atoms with E-state index in [0.717, 1.165) is 12.8 Å². The number of nitrogens with one attached hydrogen (secondary N) is 3. The van der Waals surface area contributed by atoms with Crippen molar-refractivity contribution in [2.24, 2.45) is 0 Å². The molecular weight excluding hydrogens is 370 g/mol. The predicted octanol–water partition coefficient (Wildman–Crippen LogP) is 3.27. The number of carbonyl (C=O) groups excluding carboxylic acids is 2. The molecule has 0 atom stereocenters. The number of ether oxygens (including phenoxy) is 1.